The fourth-order valence-electron chi connectivity index (χ4n) is 0.957. The van der Waals surface area contributed by atoms with Crippen molar-refractivity contribution in [2.45, 2.75) is 39.5 Å². The van der Waals surface area contributed by atoms with E-state index in [1.54, 1.807) is 0 Å². The van der Waals surface area contributed by atoms with Crippen LogP contribution in [0.3, 0.4) is 0 Å². The molecule has 0 saturated heterocycles. The van der Waals surface area contributed by atoms with E-state index in [0.717, 1.165) is 25.7 Å². The fraction of sp³-hybridized carbons (Fsp3) is 1.00. The Balaban J connectivity index is 3.72. The first-order valence-electron chi connectivity index (χ1n) is 4.78. The molecule has 0 spiro atoms. The first-order valence-corrected chi connectivity index (χ1v) is 5.87. The van der Waals surface area contributed by atoms with E-state index in [1.165, 1.54) is 5.06 Å². The molecular formula is C8H19NO3S. The van der Waals surface area contributed by atoms with Crippen molar-refractivity contribution in [2.75, 3.05) is 13.1 Å². The van der Waals surface area contributed by atoms with E-state index in [2.05, 4.69) is 18.1 Å². The van der Waals surface area contributed by atoms with Gasteiger partial charge in [0.05, 0.1) is 0 Å². The molecule has 0 atom stereocenters. The SMILES string of the molecule is CCCCN(CCCC)O[SH](=O)=O. The van der Waals surface area contributed by atoms with Gasteiger partial charge in [0.15, 0.2) is 0 Å². The molecule has 0 radical (unpaired) electrons. The van der Waals surface area contributed by atoms with Crippen molar-refractivity contribution in [3.63, 3.8) is 0 Å². The van der Waals surface area contributed by atoms with Crippen LogP contribution >= 0.6 is 0 Å². The molecule has 0 aliphatic heterocycles. The minimum atomic E-state index is -2.75. The topological polar surface area (TPSA) is 46.6 Å². The van der Waals surface area contributed by atoms with Crippen LogP contribution in [0.1, 0.15) is 39.5 Å². The van der Waals surface area contributed by atoms with E-state index in [4.69, 9.17) is 0 Å². The second kappa shape index (κ2) is 8.47. The average molecular weight is 209 g/mol. The summed E-state index contributed by atoms with van der Waals surface area (Å²) in [5, 5.41) is 1.53. The lowest BCUT2D eigenvalue weighted by atomic mass is 10.3. The van der Waals surface area contributed by atoms with Crippen LogP contribution in [-0.4, -0.2) is 26.6 Å². The monoisotopic (exact) mass is 209 g/mol. The molecule has 80 valence electrons. The highest BCUT2D eigenvalue weighted by atomic mass is 32.2. The lowest BCUT2D eigenvalue weighted by Crippen LogP contribution is -2.25. The zero-order valence-electron chi connectivity index (χ0n) is 8.36. The van der Waals surface area contributed by atoms with Crippen LogP contribution < -0.4 is 0 Å². The number of rotatable bonds is 8. The molecule has 0 aromatic rings. The van der Waals surface area contributed by atoms with Gasteiger partial charge in [-0.3, -0.25) is 0 Å². The van der Waals surface area contributed by atoms with Crippen LogP contribution in [0.25, 0.3) is 0 Å². The molecule has 0 rings (SSSR count). The van der Waals surface area contributed by atoms with Crippen LogP contribution in [0.5, 0.6) is 0 Å². The molecular weight excluding hydrogens is 190 g/mol. The molecule has 0 aliphatic rings. The Hall–Kier alpha value is -0.130. The molecule has 0 fully saturated rings. The number of nitrogens with zero attached hydrogens (tertiary/aromatic N) is 1. The molecule has 13 heavy (non-hydrogen) atoms. The molecule has 0 bridgehead atoms. The van der Waals surface area contributed by atoms with Crippen LogP contribution in [0.2, 0.25) is 0 Å². The highest BCUT2D eigenvalue weighted by Crippen LogP contribution is 1.99. The van der Waals surface area contributed by atoms with Crippen LogP contribution in [0.15, 0.2) is 0 Å². The third-order valence-corrected chi connectivity index (χ3v) is 2.07. The van der Waals surface area contributed by atoms with Gasteiger partial charge in [-0.1, -0.05) is 26.7 Å². The van der Waals surface area contributed by atoms with Crippen molar-refractivity contribution in [1.29, 1.82) is 0 Å². The second-order valence-corrected chi connectivity index (χ2v) is 3.55. The highest BCUT2D eigenvalue weighted by Gasteiger charge is 2.04. The largest absolute Gasteiger partial charge is 0.273 e. The third-order valence-electron chi connectivity index (χ3n) is 1.70. The average Bonchev–Trinajstić information content (AvgIpc) is 2.09. The zero-order valence-corrected chi connectivity index (χ0v) is 9.26. The van der Waals surface area contributed by atoms with Gasteiger partial charge >= 0.3 is 0 Å². The zero-order chi connectivity index (χ0) is 10.1. The fourth-order valence-corrected chi connectivity index (χ4v) is 1.31. The molecule has 0 saturated carbocycles. The molecule has 0 heterocycles. The van der Waals surface area contributed by atoms with Gasteiger partial charge in [-0.25, -0.2) is 8.42 Å². The smallest absolute Gasteiger partial charge is 0.201 e. The summed E-state index contributed by atoms with van der Waals surface area (Å²) in [4.78, 5) is 0. The number of hydrogen-bond donors (Lipinski definition) is 1. The van der Waals surface area contributed by atoms with E-state index in [0.29, 0.717) is 13.1 Å². The minimum Gasteiger partial charge on any atom is -0.201 e. The number of hydrogen-bond acceptors (Lipinski definition) is 4. The third kappa shape index (κ3) is 8.21. The van der Waals surface area contributed by atoms with Crippen molar-refractivity contribution in [1.82, 2.24) is 5.06 Å². The van der Waals surface area contributed by atoms with Gasteiger partial charge in [-0.15, -0.1) is 0 Å². The summed E-state index contributed by atoms with van der Waals surface area (Å²) in [5.41, 5.74) is 0. The minimum absolute atomic E-state index is 0.694. The second-order valence-electron chi connectivity index (χ2n) is 2.94. The number of thiol groups is 1. The number of hydroxylamine groups is 2. The Morgan fingerprint density at radius 1 is 1.08 bits per heavy atom. The Morgan fingerprint density at radius 3 is 1.85 bits per heavy atom. The molecule has 4 nitrogen and oxygen atoms in total. The first-order chi connectivity index (χ1) is 6.20. The van der Waals surface area contributed by atoms with Gasteiger partial charge in [-0.2, -0.15) is 9.35 Å². The summed E-state index contributed by atoms with van der Waals surface area (Å²) in [6.45, 7) is 5.52. The molecule has 0 N–H and O–H groups in total. The lowest BCUT2D eigenvalue weighted by molar-refractivity contribution is -0.0483. The summed E-state index contributed by atoms with van der Waals surface area (Å²) in [6, 6.07) is 0. The van der Waals surface area contributed by atoms with Crippen molar-refractivity contribution in [3.05, 3.63) is 0 Å². The van der Waals surface area contributed by atoms with Crippen molar-refractivity contribution in [2.24, 2.45) is 0 Å². The van der Waals surface area contributed by atoms with Gasteiger partial charge in [0.2, 0.25) is 0 Å². The van der Waals surface area contributed by atoms with Crippen molar-refractivity contribution >= 4 is 11.0 Å². The maximum atomic E-state index is 10.3. The standard InChI is InChI=1S/C8H19NO3S/c1-3-5-7-9(8-6-4-2)12-13(10)11/h13H,3-8H2,1-2H3. The van der Waals surface area contributed by atoms with E-state index < -0.39 is 11.0 Å². The summed E-state index contributed by atoms with van der Waals surface area (Å²) in [5.74, 6) is 0. The highest BCUT2D eigenvalue weighted by molar-refractivity contribution is 7.67. The summed E-state index contributed by atoms with van der Waals surface area (Å²) in [7, 11) is -2.75. The van der Waals surface area contributed by atoms with E-state index in [-0.39, 0.29) is 0 Å². The Bertz CT molecular complexity index is 166. The molecule has 0 unspecified atom stereocenters. The summed E-state index contributed by atoms with van der Waals surface area (Å²) in [6.07, 6.45) is 4.02. The summed E-state index contributed by atoms with van der Waals surface area (Å²) >= 11 is 0. The number of unbranched alkanes of at least 4 members (excludes halogenated alkanes) is 2. The van der Waals surface area contributed by atoms with Gasteiger partial charge in [-0.05, 0) is 12.8 Å². The molecule has 0 aromatic carbocycles. The summed E-state index contributed by atoms with van der Waals surface area (Å²) < 4.78 is 25.3. The van der Waals surface area contributed by atoms with E-state index >= 15 is 0 Å². The maximum Gasteiger partial charge on any atom is 0.273 e. The molecule has 0 aliphatic carbocycles. The van der Waals surface area contributed by atoms with Gasteiger partial charge in [0.25, 0.3) is 11.0 Å². The Morgan fingerprint density at radius 2 is 1.54 bits per heavy atom. The van der Waals surface area contributed by atoms with E-state index in [9.17, 15) is 8.42 Å². The molecule has 0 amide bonds. The van der Waals surface area contributed by atoms with Crippen LogP contribution in [-0.2, 0) is 15.3 Å². The van der Waals surface area contributed by atoms with Crippen molar-refractivity contribution in [3.8, 4) is 0 Å². The normalized spacial score (nSPS) is 11.4. The van der Waals surface area contributed by atoms with E-state index in [1.807, 2.05) is 0 Å². The van der Waals surface area contributed by atoms with Gasteiger partial charge in [0, 0.05) is 13.1 Å². The van der Waals surface area contributed by atoms with Crippen molar-refractivity contribution < 1.29 is 12.7 Å². The van der Waals surface area contributed by atoms with Crippen LogP contribution in [0, 0.1) is 0 Å². The Kier molecular flexibility index (Phi) is 8.38. The predicted molar refractivity (Wildman–Crippen MR) is 52.8 cm³/mol. The molecule has 5 heteroatoms. The first kappa shape index (κ1) is 12.9. The maximum absolute atomic E-state index is 10.3. The molecule has 0 aromatic heterocycles. The Labute approximate surface area is 82.0 Å². The quantitative estimate of drug-likeness (QED) is 0.484. The van der Waals surface area contributed by atoms with Crippen LogP contribution in [0.4, 0.5) is 0 Å². The predicted octanol–water partition coefficient (Wildman–Crippen LogP) is 1.35. The van der Waals surface area contributed by atoms with Gasteiger partial charge < -0.3 is 0 Å². The van der Waals surface area contributed by atoms with Gasteiger partial charge in [0.1, 0.15) is 0 Å². The lowest BCUT2D eigenvalue weighted by Gasteiger charge is -2.16.